The summed E-state index contributed by atoms with van der Waals surface area (Å²) in [5, 5.41) is 8.79. The van der Waals surface area contributed by atoms with Crippen molar-refractivity contribution in [3.8, 4) is 11.5 Å². The van der Waals surface area contributed by atoms with Crippen molar-refractivity contribution in [3.05, 3.63) is 95.6 Å². The van der Waals surface area contributed by atoms with E-state index in [0.717, 1.165) is 30.7 Å². The number of carbonyl (C=O) groups is 8. The molecule has 8 atom stereocenters. The van der Waals surface area contributed by atoms with Crippen LogP contribution in [0.4, 0.5) is 0 Å². The molecule has 1 aliphatic heterocycles. The fourth-order valence-corrected chi connectivity index (χ4v) is 10.3. The second-order valence-electron chi connectivity index (χ2n) is 24.9. The molecular weight excluding hydrogens is 1160 g/mol. The predicted molar refractivity (Wildman–Crippen MR) is 333 cm³/mol. The highest BCUT2D eigenvalue weighted by Crippen LogP contribution is 2.25. The number of methoxy groups -OCH3 is 2. The van der Waals surface area contributed by atoms with Crippen LogP contribution in [0, 0.1) is 23.7 Å². The molecule has 24 heteroatoms. The molecule has 0 bridgehead atoms. The van der Waals surface area contributed by atoms with Gasteiger partial charge in [-0.05, 0) is 85.5 Å². The molecule has 4 amide bonds. The van der Waals surface area contributed by atoms with Gasteiger partial charge in [0.2, 0.25) is 0 Å². The minimum absolute atomic E-state index is 0.0623. The lowest BCUT2D eigenvalue weighted by molar-refractivity contribution is -0.176. The fraction of sp³-hybridized carbons (Fsp3) is 0.606. The van der Waals surface area contributed by atoms with Gasteiger partial charge in [-0.25, -0.2) is 19.2 Å². The van der Waals surface area contributed by atoms with Crippen LogP contribution >= 0.6 is 0 Å². The molecule has 24 nitrogen and oxygen atoms in total. The Kier molecular flexibility index (Phi) is 28.3. The maximum absolute atomic E-state index is 15.1. The highest BCUT2D eigenvalue weighted by molar-refractivity contribution is 5.94. The molecule has 8 unspecified atom stereocenters. The molecule has 4 aromatic rings. The molecule has 2 aromatic carbocycles. The highest BCUT2D eigenvalue weighted by atomic mass is 16.6. The Morgan fingerprint density at radius 2 is 0.689 bits per heavy atom. The first-order chi connectivity index (χ1) is 42.6. The zero-order valence-electron chi connectivity index (χ0n) is 55.5. The quantitative estimate of drug-likeness (QED) is 0.0429. The van der Waals surface area contributed by atoms with Gasteiger partial charge >= 0.3 is 23.9 Å². The van der Waals surface area contributed by atoms with Gasteiger partial charge in [0.15, 0.2) is 35.9 Å². The molecule has 0 N–H and O–H groups in total. The number of ether oxygens (including phenoxy) is 8. The van der Waals surface area contributed by atoms with Crippen LogP contribution in [0.2, 0.25) is 0 Å². The van der Waals surface area contributed by atoms with Gasteiger partial charge < -0.3 is 57.5 Å². The van der Waals surface area contributed by atoms with Crippen LogP contribution in [0.25, 0.3) is 0 Å². The van der Waals surface area contributed by atoms with Gasteiger partial charge in [0.1, 0.15) is 37.4 Å². The Morgan fingerprint density at radius 1 is 0.411 bits per heavy atom. The van der Waals surface area contributed by atoms with Gasteiger partial charge in [0.05, 0.1) is 51.1 Å². The summed E-state index contributed by atoms with van der Waals surface area (Å²) in [4.78, 5) is 123. The maximum Gasteiger partial charge on any atom is 0.329 e. The minimum Gasteiger partial charge on any atom is -0.488 e. The standard InChI is InChI=1S/C66H96N8O16/c1-41(2)29-53-63(79)87-45(9)59(75)69(11)56(32-44(7)8)66(82)90-58(34-48-19-23-50(24-20-48)38-74-40-52(36-68-74)86-28-26-84-16)62(78)72(14)54(30-42(3)4)64(80)88-46(10)60(76)70(12)55(31-43(5)6)65(81)89-57(61(77)71(53)13)33-47-17-21-49(22-18-47)37-73-39-51(35-67-73)85-27-25-83-15/h17-24,35-36,39-46,53-58H,25-34,37-38H2,1-16H3. The molecule has 1 fully saturated rings. The van der Waals surface area contributed by atoms with Crippen molar-refractivity contribution in [3.63, 3.8) is 0 Å². The number of rotatable bonds is 24. The number of amides is 4. The first kappa shape index (κ1) is 72.9. The van der Waals surface area contributed by atoms with Crippen LogP contribution in [0.15, 0.2) is 73.3 Å². The van der Waals surface area contributed by atoms with Crippen molar-refractivity contribution >= 4 is 47.5 Å². The molecule has 0 aliphatic carbocycles. The molecule has 496 valence electrons. The van der Waals surface area contributed by atoms with Crippen molar-refractivity contribution in [2.24, 2.45) is 23.7 Å². The second-order valence-corrected chi connectivity index (χ2v) is 24.9. The third kappa shape index (κ3) is 21.7. The number of esters is 4. The van der Waals surface area contributed by atoms with E-state index in [1.165, 1.54) is 42.0 Å². The third-order valence-electron chi connectivity index (χ3n) is 15.4. The van der Waals surface area contributed by atoms with E-state index >= 15 is 9.59 Å². The summed E-state index contributed by atoms with van der Waals surface area (Å²) >= 11 is 0. The van der Waals surface area contributed by atoms with E-state index in [1.807, 2.05) is 79.7 Å². The Morgan fingerprint density at radius 3 is 0.978 bits per heavy atom. The Hall–Kier alpha value is -7.86. The zero-order valence-corrected chi connectivity index (χ0v) is 55.5. The molecule has 0 saturated carbocycles. The smallest absolute Gasteiger partial charge is 0.329 e. The van der Waals surface area contributed by atoms with Gasteiger partial charge in [0, 0.05) is 55.3 Å². The molecule has 90 heavy (non-hydrogen) atoms. The molecule has 3 heterocycles. The van der Waals surface area contributed by atoms with Crippen molar-refractivity contribution < 1.29 is 76.3 Å². The van der Waals surface area contributed by atoms with Crippen LogP contribution < -0.4 is 9.47 Å². The van der Waals surface area contributed by atoms with Crippen LogP contribution in [0.3, 0.4) is 0 Å². The minimum atomic E-state index is -1.57. The summed E-state index contributed by atoms with van der Waals surface area (Å²) in [6.45, 7) is 19.8. The number of aromatic nitrogens is 4. The van der Waals surface area contributed by atoms with Crippen LogP contribution in [-0.2, 0) is 92.7 Å². The van der Waals surface area contributed by atoms with Gasteiger partial charge in [0.25, 0.3) is 23.6 Å². The average Bonchev–Trinajstić information content (AvgIpc) is 1.25. The van der Waals surface area contributed by atoms with E-state index in [4.69, 9.17) is 37.9 Å². The van der Waals surface area contributed by atoms with Crippen LogP contribution in [0.1, 0.15) is 117 Å². The SMILES string of the molecule is COCCOc1cnn(Cc2ccc(CC3OC(=O)C(CC(C)C)N(C)C(=O)C(C)OC(=O)C(CC(C)C)N(C)C(=O)C(Cc4ccc(Cn5cc(OCCOC)cn5)cc4)OC(=O)C(CC(C)C)N(C)C(=O)C(C)OC(=O)C(CC(C)C)N(C)C3=O)cc2)c1. The van der Waals surface area contributed by atoms with Gasteiger partial charge in [-0.15, -0.1) is 0 Å². The number of hydrogen-bond acceptors (Lipinski definition) is 18. The van der Waals surface area contributed by atoms with E-state index in [-0.39, 0.29) is 62.2 Å². The number of hydrogen-bond donors (Lipinski definition) is 0. The molecular formula is C66H96N8O16. The van der Waals surface area contributed by atoms with E-state index in [9.17, 15) is 28.8 Å². The summed E-state index contributed by atoms with van der Waals surface area (Å²) in [5.74, 6) is -6.52. The van der Waals surface area contributed by atoms with Crippen LogP contribution in [-0.4, -0.2) is 204 Å². The third-order valence-corrected chi connectivity index (χ3v) is 15.4. The molecule has 5 rings (SSSR count). The summed E-state index contributed by atoms with van der Waals surface area (Å²) in [7, 11) is 8.71. The van der Waals surface area contributed by atoms with Crippen molar-refractivity contribution in [1.82, 2.24) is 39.2 Å². The Bertz CT molecular complexity index is 2770. The Balaban J connectivity index is 1.55. The summed E-state index contributed by atoms with van der Waals surface area (Å²) in [5.41, 5.74) is 2.88. The first-order valence-corrected chi connectivity index (χ1v) is 30.9. The number of likely N-dealkylation sites (N-methyl/N-ethyl adjacent to an activating group) is 4. The van der Waals surface area contributed by atoms with Crippen LogP contribution in [0.5, 0.6) is 11.5 Å². The number of benzene rings is 2. The van der Waals surface area contributed by atoms with Crippen molar-refractivity contribution in [2.75, 3.05) is 68.8 Å². The largest absolute Gasteiger partial charge is 0.488 e. The highest BCUT2D eigenvalue weighted by Gasteiger charge is 2.43. The Labute approximate surface area is 530 Å². The number of nitrogens with zero attached hydrogens (tertiary/aromatic N) is 8. The van der Waals surface area contributed by atoms with E-state index in [1.54, 1.807) is 72.6 Å². The maximum atomic E-state index is 15.1. The van der Waals surface area contributed by atoms with Gasteiger partial charge in [-0.2, -0.15) is 10.2 Å². The van der Waals surface area contributed by atoms with Gasteiger partial charge in [-0.3, -0.25) is 28.5 Å². The summed E-state index contributed by atoms with van der Waals surface area (Å²) < 4.78 is 49.2. The molecule has 2 aromatic heterocycles. The van der Waals surface area contributed by atoms with Gasteiger partial charge in [-0.1, -0.05) is 104 Å². The van der Waals surface area contributed by atoms with Crippen molar-refractivity contribution in [1.29, 1.82) is 0 Å². The van der Waals surface area contributed by atoms with E-state index in [0.29, 0.717) is 62.1 Å². The normalized spacial score (nSPS) is 21.9. The van der Waals surface area contributed by atoms with E-state index in [2.05, 4.69) is 10.2 Å². The lowest BCUT2D eigenvalue weighted by Gasteiger charge is -2.35. The molecule has 0 radical (unpaired) electrons. The van der Waals surface area contributed by atoms with E-state index < -0.39 is 96.1 Å². The lowest BCUT2D eigenvalue weighted by atomic mass is 9.99. The first-order valence-electron chi connectivity index (χ1n) is 30.9. The average molecular weight is 1260 g/mol. The topological polar surface area (TPSA) is 259 Å². The molecule has 0 spiro atoms. The second kappa shape index (κ2) is 34.9. The predicted octanol–water partition coefficient (Wildman–Crippen LogP) is 6.20. The zero-order chi connectivity index (χ0) is 66.5. The summed E-state index contributed by atoms with van der Waals surface area (Å²) in [6, 6.07) is 9.25. The molecule has 1 saturated heterocycles. The summed E-state index contributed by atoms with van der Waals surface area (Å²) in [6.07, 6.45) is 0.482. The number of carbonyl (C=O) groups excluding carboxylic acids is 8. The lowest BCUT2D eigenvalue weighted by Crippen LogP contribution is -2.55. The molecule has 1 aliphatic rings. The monoisotopic (exact) mass is 1260 g/mol. The fourth-order valence-electron chi connectivity index (χ4n) is 10.3. The van der Waals surface area contributed by atoms with Crippen molar-refractivity contribution in [2.45, 2.75) is 169 Å². The number of cyclic esters (lactones) is 4.